The van der Waals surface area contributed by atoms with Gasteiger partial charge < -0.3 is 14.6 Å². The smallest absolute Gasteiger partial charge is 0.256 e. The molecule has 0 aliphatic heterocycles. The highest BCUT2D eigenvalue weighted by atomic mass is 35.5. The highest BCUT2D eigenvalue weighted by Crippen LogP contribution is 2.15. The number of imidazole rings is 1. The van der Waals surface area contributed by atoms with E-state index in [4.69, 9.17) is 16.3 Å². The molecule has 0 atom stereocenters. The van der Waals surface area contributed by atoms with E-state index >= 15 is 0 Å². The number of hydrogen-bond acceptors (Lipinski definition) is 3. The van der Waals surface area contributed by atoms with E-state index in [1.807, 2.05) is 35.8 Å². The maximum atomic E-state index is 12.3. The van der Waals surface area contributed by atoms with Crippen LogP contribution in [-0.2, 0) is 6.54 Å². The average molecular weight is 370 g/mol. The van der Waals surface area contributed by atoms with E-state index in [0.717, 1.165) is 17.7 Å². The van der Waals surface area contributed by atoms with Crippen LogP contribution in [0.2, 0.25) is 5.02 Å². The van der Waals surface area contributed by atoms with Gasteiger partial charge >= 0.3 is 0 Å². The Balaban J connectivity index is 1.60. The fourth-order valence-electron chi connectivity index (χ4n) is 2.47. The lowest BCUT2D eigenvalue weighted by Gasteiger charge is -2.06. The van der Waals surface area contributed by atoms with Crippen molar-refractivity contribution in [2.75, 3.05) is 11.9 Å². The van der Waals surface area contributed by atoms with Gasteiger partial charge in [0.1, 0.15) is 5.75 Å². The minimum atomic E-state index is -0.208. The molecule has 3 aromatic rings. The van der Waals surface area contributed by atoms with E-state index in [9.17, 15) is 4.79 Å². The van der Waals surface area contributed by atoms with Crippen molar-refractivity contribution in [1.82, 2.24) is 9.55 Å². The number of rotatable bonds is 7. The molecule has 0 aliphatic carbocycles. The number of benzene rings is 2. The maximum Gasteiger partial charge on any atom is 0.256 e. The van der Waals surface area contributed by atoms with E-state index in [-0.39, 0.29) is 5.91 Å². The Morgan fingerprint density at radius 1 is 1.23 bits per heavy atom. The van der Waals surface area contributed by atoms with Crippen molar-refractivity contribution in [2.24, 2.45) is 0 Å². The van der Waals surface area contributed by atoms with E-state index in [0.29, 0.717) is 29.6 Å². The van der Waals surface area contributed by atoms with Gasteiger partial charge in [-0.25, -0.2) is 4.98 Å². The third-order valence-corrected chi connectivity index (χ3v) is 3.95. The van der Waals surface area contributed by atoms with Crippen LogP contribution in [-0.4, -0.2) is 22.1 Å². The molecule has 134 valence electrons. The zero-order chi connectivity index (χ0) is 18.4. The topological polar surface area (TPSA) is 56.1 Å². The lowest BCUT2D eigenvalue weighted by Crippen LogP contribution is -2.12. The summed E-state index contributed by atoms with van der Waals surface area (Å²) in [6.07, 6.45) is 4.41. The Morgan fingerprint density at radius 3 is 2.77 bits per heavy atom. The van der Waals surface area contributed by atoms with Gasteiger partial charge in [-0.2, -0.15) is 0 Å². The van der Waals surface area contributed by atoms with E-state index in [1.165, 1.54) is 0 Å². The van der Waals surface area contributed by atoms with Crippen molar-refractivity contribution in [3.63, 3.8) is 0 Å². The number of anilines is 1. The second-order valence-electron chi connectivity index (χ2n) is 5.89. The van der Waals surface area contributed by atoms with Gasteiger partial charge in [-0.3, -0.25) is 4.79 Å². The van der Waals surface area contributed by atoms with Crippen LogP contribution < -0.4 is 10.1 Å². The molecule has 1 heterocycles. The number of ether oxygens (including phenoxy) is 1. The number of aromatic nitrogens is 2. The Kier molecular flexibility index (Phi) is 5.92. The standard InChI is InChI=1S/C20H20ClN3O2/c1-2-10-26-18-8-6-16(7-9-18)20(25)23-19-13-24(14-22-19)12-15-4-3-5-17(21)11-15/h3-9,11,13-14H,2,10,12H2,1H3,(H,23,25). The number of carbonyl (C=O) groups is 1. The SMILES string of the molecule is CCCOc1ccc(C(=O)Nc2cn(Cc3cccc(Cl)c3)cn2)cc1. The lowest BCUT2D eigenvalue weighted by molar-refractivity contribution is 0.102. The molecule has 0 spiro atoms. The molecule has 0 saturated heterocycles. The number of nitrogens with zero attached hydrogens (tertiary/aromatic N) is 2. The highest BCUT2D eigenvalue weighted by molar-refractivity contribution is 6.30. The summed E-state index contributed by atoms with van der Waals surface area (Å²) < 4.78 is 7.41. The first-order valence-corrected chi connectivity index (χ1v) is 8.82. The molecule has 26 heavy (non-hydrogen) atoms. The molecule has 0 radical (unpaired) electrons. The molecule has 0 bridgehead atoms. The quantitative estimate of drug-likeness (QED) is 0.660. The minimum absolute atomic E-state index is 0.208. The molecule has 5 nitrogen and oxygen atoms in total. The number of nitrogens with one attached hydrogen (secondary N) is 1. The number of amides is 1. The number of hydrogen-bond donors (Lipinski definition) is 1. The Hall–Kier alpha value is -2.79. The first-order chi connectivity index (χ1) is 12.6. The minimum Gasteiger partial charge on any atom is -0.494 e. The molecule has 1 N–H and O–H groups in total. The maximum absolute atomic E-state index is 12.3. The van der Waals surface area contributed by atoms with Crippen LogP contribution in [0, 0.1) is 0 Å². The van der Waals surface area contributed by atoms with Gasteiger partial charge in [0, 0.05) is 23.3 Å². The Labute approximate surface area is 157 Å². The normalized spacial score (nSPS) is 10.5. The summed E-state index contributed by atoms with van der Waals surface area (Å²) in [5.74, 6) is 1.05. The van der Waals surface area contributed by atoms with Gasteiger partial charge in [-0.05, 0) is 48.4 Å². The fraction of sp³-hybridized carbons (Fsp3) is 0.200. The van der Waals surface area contributed by atoms with Gasteiger partial charge in [0.2, 0.25) is 0 Å². The molecule has 0 unspecified atom stereocenters. The molecule has 6 heteroatoms. The van der Waals surface area contributed by atoms with Crippen molar-refractivity contribution in [2.45, 2.75) is 19.9 Å². The summed E-state index contributed by atoms with van der Waals surface area (Å²) in [4.78, 5) is 16.6. The molecule has 1 amide bonds. The molecule has 0 saturated carbocycles. The zero-order valence-electron chi connectivity index (χ0n) is 14.5. The van der Waals surface area contributed by atoms with Crippen LogP contribution in [0.1, 0.15) is 29.3 Å². The molecule has 0 aliphatic rings. The first kappa shape index (κ1) is 18.0. The van der Waals surface area contributed by atoms with Crippen molar-refractivity contribution in [3.05, 3.63) is 77.2 Å². The lowest BCUT2D eigenvalue weighted by atomic mass is 10.2. The van der Waals surface area contributed by atoms with Crippen molar-refractivity contribution in [1.29, 1.82) is 0 Å². The molecule has 1 aromatic heterocycles. The summed E-state index contributed by atoms with van der Waals surface area (Å²) in [5, 5.41) is 3.50. The zero-order valence-corrected chi connectivity index (χ0v) is 15.2. The highest BCUT2D eigenvalue weighted by Gasteiger charge is 2.08. The van der Waals surface area contributed by atoms with Crippen LogP contribution in [0.4, 0.5) is 5.82 Å². The predicted molar refractivity (Wildman–Crippen MR) is 103 cm³/mol. The second-order valence-corrected chi connectivity index (χ2v) is 6.32. The van der Waals surface area contributed by atoms with Crippen molar-refractivity contribution < 1.29 is 9.53 Å². The monoisotopic (exact) mass is 369 g/mol. The van der Waals surface area contributed by atoms with Crippen molar-refractivity contribution >= 4 is 23.3 Å². The fourth-order valence-corrected chi connectivity index (χ4v) is 2.68. The van der Waals surface area contributed by atoms with Crippen LogP contribution >= 0.6 is 11.6 Å². The largest absolute Gasteiger partial charge is 0.494 e. The number of carbonyl (C=O) groups excluding carboxylic acids is 1. The molecule has 0 fully saturated rings. The van der Waals surface area contributed by atoms with Crippen LogP contribution in [0.25, 0.3) is 0 Å². The van der Waals surface area contributed by atoms with E-state index in [1.54, 1.807) is 36.8 Å². The average Bonchev–Trinajstić information content (AvgIpc) is 3.07. The molecule has 2 aromatic carbocycles. The summed E-state index contributed by atoms with van der Waals surface area (Å²) in [7, 11) is 0. The van der Waals surface area contributed by atoms with Gasteiger partial charge in [0.05, 0.1) is 12.9 Å². The summed E-state index contributed by atoms with van der Waals surface area (Å²) in [6.45, 7) is 3.34. The second kappa shape index (κ2) is 8.54. The summed E-state index contributed by atoms with van der Waals surface area (Å²) in [6, 6.07) is 14.7. The molecule has 3 rings (SSSR count). The van der Waals surface area contributed by atoms with E-state index in [2.05, 4.69) is 10.3 Å². The summed E-state index contributed by atoms with van der Waals surface area (Å²) >= 11 is 6.00. The van der Waals surface area contributed by atoms with Gasteiger partial charge in [-0.15, -0.1) is 0 Å². The molecular weight excluding hydrogens is 350 g/mol. The van der Waals surface area contributed by atoms with Crippen LogP contribution in [0.5, 0.6) is 5.75 Å². The Bertz CT molecular complexity index is 875. The third kappa shape index (κ3) is 4.86. The van der Waals surface area contributed by atoms with Gasteiger partial charge in [0.15, 0.2) is 5.82 Å². The van der Waals surface area contributed by atoms with E-state index < -0.39 is 0 Å². The van der Waals surface area contributed by atoms with Crippen molar-refractivity contribution in [3.8, 4) is 5.75 Å². The summed E-state index contributed by atoms with van der Waals surface area (Å²) in [5.41, 5.74) is 1.62. The van der Waals surface area contributed by atoms with Crippen LogP contribution in [0.3, 0.4) is 0 Å². The Morgan fingerprint density at radius 2 is 2.04 bits per heavy atom. The first-order valence-electron chi connectivity index (χ1n) is 8.44. The van der Waals surface area contributed by atoms with Gasteiger partial charge in [-0.1, -0.05) is 30.7 Å². The predicted octanol–water partition coefficient (Wildman–Crippen LogP) is 4.63. The number of halogens is 1. The van der Waals surface area contributed by atoms with Gasteiger partial charge in [0.25, 0.3) is 5.91 Å². The third-order valence-electron chi connectivity index (χ3n) is 3.72. The van der Waals surface area contributed by atoms with Crippen LogP contribution in [0.15, 0.2) is 61.1 Å². The molecular formula is C20H20ClN3O2.